The molecule has 2 atom stereocenters. The van der Waals surface area contributed by atoms with E-state index in [2.05, 4.69) is 4.72 Å². The Morgan fingerprint density at radius 1 is 1.15 bits per heavy atom. The molecule has 1 aliphatic carbocycles. The Labute approximate surface area is 121 Å². The van der Waals surface area contributed by atoms with Crippen LogP contribution in [0.1, 0.15) is 38.5 Å². The SMILES string of the molecule is CS(=O)(=O)NC1CCN(C(=O)C2CCCCC2N)CC1. The minimum Gasteiger partial charge on any atom is -0.342 e. The van der Waals surface area contributed by atoms with Gasteiger partial charge in [0.15, 0.2) is 0 Å². The summed E-state index contributed by atoms with van der Waals surface area (Å²) in [6, 6.07) is -0.0582. The number of hydrogen-bond donors (Lipinski definition) is 2. The van der Waals surface area contributed by atoms with Crippen molar-refractivity contribution in [1.29, 1.82) is 0 Å². The third kappa shape index (κ3) is 4.17. The average Bonchev–Trinajstić information content (AvgIpc) is 2.37. The van der Waals surface area contributed by atoms with Crippen molar-refractivity contribution < 1.29 is 13.2 Å². The molecule has 116 valence electrons. The highest BCUT2D eigenvalue weighted by atomic mass is 32.2. The predicted octanol–water partition coefficient (Wildman–Crippen LogP) is 0.0441. The van der Waals surface area contributed by atoms with Crippen LogP contribution in [0.3, 0.4) is 0 Å². The van der Waals surface area contributed by atoms with Gasteiger partial charge >= 0.3 is 0 Å². The average molecular weight is 303 g/mol. The van der Waals surface area contributed by atoms with Gasteiger partial charge in [-0.25, -0.2) is 13.1 Å². The molecular formula is C13H25N3O3S. The molecular weight excluding hydrogens is 278 g/mol. The lowest BCUT2D eigenvalue weighted by atomic mass is 9.83. The van der Waals surface area contributed by atoms with Crippen LogP contribution in [-0.4, -0.2) is 50.7 Å². The van der Waals surface area contributed by atoms with Gasteiger partial charge < -0.3 is 10.6 Å². The number of hydrogen-bond acceptors (Lipinski definition) is 4. The summed E-state index contributed by atoms with van der Waals surface area (Å²) < 4.78 is 25.0. The smallest absolute Gasteiger partial charge is 0.227 e. The van der Waals surface area contributed by atoms with Crippen molar-refractivity contribution in [3.8, 4) is 0 Å². The minimum atomic E-state index is -3.16. The first-order valence-electron chi connectivity index (χ1n) is 7.38. The zero-order valence-electron chi connectivity index (χ0n) is 12.0. The van der Waals surface area contributed by atoms with Crippen LogP contribution in [-0.2, 0) is 14.8 Å². The second kappa shape index (κ2) is 6.41. The molecule has 7 heteroatoms. The third-order valence-electron chi connectivity index (χ3n) is 4.32. The third-order valence-corrected chi connectivity index (χ3v) is 5.09. The first-order chi connectivity index (χ1) is 9.37. The van der Waals surface area contributed by atoms with Crippen LogP contribution >= 0.6 is 0 Å². The van der Waals surface area contributed by atoms with Crippen molar-refractivity contribution in [3.63, 3.8) is 0 Å². The molecule has 0 bridgehead atoms. The van der Waals surface area contributed by atoms with E-state index in [0.717, 1.165) is 25.7 Å². The summed E-state index contributed by atoms with van der Waals surface area (Å²) in [6.07, 6.45) is 6.55. The Bertz CT molecular complexity index is 444. The van der Waals surface area contributed by atoms with Crippen LogP contribution in [0.5, 0.6) is 0 Å². The summed E-state index contributed by atoms with van der Waals surface area (Å²) >= 11 is 0. The molecule has 2 fully saturated rings. The molecule has 0 aromatic rings. The van der Waals surface area contributed by atoms with E-state index in [1.807, 2.05) is 4.90 Å². The molecule has 0 spiro atoms. The Hall–Kier alpha value is -0.660. The van der Waals surface area contributed by atoms with Crippen LogP contribution in [0.15, 0.2) is 0 Å². The Morgan fingerprint density at radius 3 is 2.30 bits per heavy atom. The van der Waals surface area contributed by atoms with E-state index in [1.165, 1.54) is 6.26 Å². The maximum absolute atomic E-state index is 12.5. The van der Waals surface area contributed by atoms with Gasteiger partial charge in [0.05, 0.1) is 12.2 Å². The molecule has 2 unspecified atom stereocenters. The number of nitrogens with one attached hydrogen (secondary N) is 1. The van der Waals surface area contributed by atoms with Gasteiger partial charge in [-0.2, -0.15) is 0 Å². The highest BCUT2D eigenvalue weighted by molar-refractivity contribution is 7.88. The van der Waals surface area contributed by atoms with Crippen LogP contribution in [0.4, 0.5) is 0 Å². The van der Waals surface area contributed by atoms with E-state index in [1.54, 1.807) is 0 Å². The summed E-state index contributed by atoms with van der Waals surface area (Å²) in [4.78, 5) is 14.3. The maximum atomic E-state index is 12.5. The monoisotopic (exact) mass is 303 g/mol. The van der Waals surface area contributed by atoms with E-state index >= 15 is 0 Å². The van der Waals surface area contributed by atoms with Crippen molar-refractivity contribution in [2.24, 2.45) is 11.7 Å². The largest absolute Gasteiger partial charge is 0.342 e. The molecule has 1 amide bonds. The number of likely N-dealkylation sites (tertiary alicyclic amines) is 1. The zero-order valence-corrected chi connectivity index (χ0v) is 12.9. The summed E-state index contributed by atoms with van der Waals surface area (Å²) in [7, 11) is -3.16. The second-order valence-corrected chi connectivity index (χ2v) is 7.82. The second-order valence-electron chi connectivity index (χ2n) is 6.04. The van der Waals surface area contributed by atoms with Gasteiger partial charge in [0.25, 0.3) is 0 Å². The van der Waals surface area contributed by atoms with E-state index in [4.69, 9.17) is 5.73 Å². The van der Waals surface area contributed by atoms with Gasteiger partial charge in [-0.1, -0.05) is 12.8 Å². The summed E-state index contributed by atoms with van der Waals surface area (Å²) in [5.74, 6) is 0.123. The lowest BCUT2D eigenvalue weighted by Gasteiger charge is -2.37. The van der Waals surface area contributed by atoms with Crippen molar-refractivity contribution in [1.82, 2.24) is 9.62 Å². The summed E-state index contributed by atoms with van der Waals surface area (Å²) in [5, 5.41) is 0. The summed E-state index contributed by atoms with van der Waals surface area (Å²) in [6.45, 7) is 1.24. The normalized spacial score (nSPS) is 29.4. The van der Waals surface area contributed by atoms with Crippen LogP contribution < -0.4 is 10.5 Å². The molecule has 0 aromatic heterocycles. The Kier molecular flexibility index (Phi) is 5.04. The highest BCUT2D eigenvalue weighted by Crippen LogP contribution is 2.26. The van der Waals surface area contributed by atoms with Crippen molar-refractivity contribution in [3.05, 3.63) is 0 Å². The molecule has 0 radical (unpaired) electrons. The zero-order chi connectivity index (χ0) is 14.8. The van der Waals surface area contributed by atoms with Gasteiger partial charge in [-0.3, -0.25) is 4.79 Å². The number of sulfonamides is 1. The molecule has 1 aliphatic heterocycles. The van der Waals surface area contributed by atoms with Crippen molar-refractivity contribution in [2.45, 2.75) is 50.6 Å². The lowest BCUT2D eigenvalue weighted by Crippen LogP contribution is -2.51. The van der Waals surface area contributed by atoms with Crippen molar-refractivity contribution in [2.75, 3.05) is 19.3 Å². The predicted molar refractivity (Wildman–Crippen MR) is 77.5 cm³/mol. The number of carbonyl (C=O) groups is 1. The summed E-state index contributed by atoms with van der Waals surface area (Å²) in [5.41, 5.74) is 6.06. The van der Waals surface area contributed by atoms with Crippen molar-refractivity contribution >= 4 is 15.9 Å². The molecule has 1 saturated carbocycles. The quantitative estimate of drug-likeness (QED) is 0.770. The molecule has 0 aromatic carbocycles. The molecule has 20 heavy (non-hydrogen) atoms. The van der Waals surface area contributed by atoms with Crippen LogP contribution in [0.25, 0.3) is 0 Å². The molecule has 1 saturated heterocycles. The van der Waals surface area contributed by atoms with Gasteiger partial charge in [0.2, 0.25) is 15.9 Å². The Balaban J connectivity index is 1.85. The minimum absolute atomic E-state index is 0.0110. The fourth-order valence-electron chi connectivity index (χ4n) is 3.22. The fourth-order valence-corrected chi connectivity index (χ4v) is 4.06. The number of carbonyl (C=O) groups excluding carboxylic acids is 1. The van der Waals surface area contributed by atoms with Gasteiger partial charge in [-0.15, -0.1) is 0 Å². The molecule has 3 N–H and O–H groups in total. The number of amides is 1. The number of rotatable bonds is 3. The van der Waals surface area contributed by atoms with E-state index in [0.29, 0.717) is 25.9 Å². The molecule has 6 nitrogen and oxygen atoms in total. The topological polar surface area (TPSA) is 92.5 Å². The first kappa shape index (κ1) is 15.7. The highest BCUT2D eigenvalue weighted by Gasteiger charge is 2.33. The molecule has 1 heterocycles. The number of nitrogens with two attached hydrogens (primary N) is 1. The van der Waals surface area contributed by atoms with Gasteiger partial charge in [0, 0.05) is 25.2 Å². The molecule has 2 aliphatic rings. The lowest BCUT2D eigenvalue weighted by molar-refractivity contribution is -0.138. The van der Waals surface area contributed by atoms with Crippen LogP contribution in [0.2, 0.25) is 0 Å². The van der Waals surface area contributed by atoms with E-state index < -0.39 is 10.0 Å². The molecule has 2 rings (SSSR count). The fraction of sp³-hybridized carbons (Fsp3) is 0.923. The first-order valence-corrected chi connectivity index (χ1v) is 9.27. The maximum Gasteiger partial charge on any atom is 0.227 e. The van der Waals surface area contributed by atoms with E-state index in [-0.39, 0.29) is 23.9 Å². The van der Waals surface area contributed by atoms with E-state index in [9.17, 15) is 13.2 Å². The van der Waals surface area contributed by atoms with Gasteiger partial charge in [-0.05, 0) is 25.7 Å². The number of nitrogens with zero attached hydrogens (tertiary/aromatic N) is 1. The van der Waals surface area contributed by atoms with Crippen LogP contribution in [0, 0.1) is 5.92 Å². The number of piperidine rings is 1. The standard InChI is InChI=1S/C13H25N3O3S/c1-20(18,19)15-10-6-8-16(9-7-10)13(17)11-4-2-3-5-12(11)14/h10-12,15H,2-9,14H2,1H3. The Morgan fingerprint density at radius 2 is 1.75 bits per heavy atom. The van der Waals surface area contributed by atoms with Gasteiger partial charge in [0.1, 0.15) is 0 Å².